The normalized spacial score (nSPS) is 16.3. The van der Waals surface area contributed by atoms with Crippen molar-refractivity contribution in [2.24, 2.45) is 5.92 Å². The number of alkyl carbamates (subject to hydrolysis) is 1. The molecule has 1 unspecified atom stereocenters. The Morgan fingerprint density at radius 3 is 2.09 bits per heavy atom. The number of amides is 2. The molecule has 8 heteroatoms. The molecule has 0 aliphatic heterocycles. The molecule has 3 N–H and O–H groups in total. The molecular weight excluding hydrogens is 434 g/mol. The SMILES string of the molecule is CN(C)CC(NC(=O)OCC1c2ccccc2-c2ccccc21)C(=O)N[C@@H](CC1CC1)C(=O)O. The van der Waals surface area contributed by atoms with Crippen LogP contribution >= 0.6 is 0 Å². The van der Waals surface area contributed by atoms with Crippen LogP contribution in [0.1, 0.15) is 36.3 Å². The maximum Gasteiger partial charge on any atom is 0.407 e. The third kappa shape index (κ3) is 5.56. The standard InChI is InChI=1S/C26H31N3O5/c1-29(2)14-23(24(30)27-22(25(31)32)13-16-11-12-16)28-26(33)34-15-21-19-9-5-3-7-17(19)18-8-4-6-10-20(18)21/h3-10,16,21-23H,11-15H2,1-2H3,(H,27,30)(H,28,33)(H,31,32)/t22-,23?/m0/s1. The summed E-state index contributed by atoms with van der Waals surface area (Å²) < 4.78 is 5.56. The molecule has 0 aromatic heterocycles. The molecule has 1 fully saturated rings. The van der Waals surface area contributed by atoms with Crippen molar-refractivity contribution in [3.05, 3.63) is 59.7 Å². The van der Waals surface area contributed by atoms with Gasteiger partial charge in [0.05, 0.1) is 0 Å². The van der Waals surface area contributed by atoms with Gasteiger partial charge in [0.15, 0.2) is 0 Å². The molecule has 0 saturated heterocycles. The molecule has 2 amide bonds. The fourth-order valence-electron chi connectivity index (χ4n) is 4.52. The molecule has 0 bridgehead atoms. The van der Waals surface area contributed by atoms with Crippen molar-refractivity contribution in [3.63, 3.8) is 0 Å². The Hall–Kier alpha value is -3.39. The molecule has 2 atom stereocenters. The maximum absolute atomic E-state index is 12.8. The zero-order valence-electron chi connectivity index (χ0n) is 19.5. The van der Waals surface area contributed by atoms with E-state index in [4.69, 9.17) is 4.74 Å². The second kappa shape index (κ2) is 10.3. The fourth-order valence-corrected chi connectivity index (χ4v) is 4.52. The summed E-state index contributed by atoms with van der Waals surface area (Å²) in [7, 11) is 3.55. The van der Waals surface area contributed by atoms with Gasteiger partial charge in [-0.25, -0.2) is 9.59 Å². The number of fused-ring (bicyclic) bond motifs is 3. The number of hydrogen-bond acceptors (Lipinski definition) is 5. The van der Waals surface area contributed by atoms with Crippen molar-refractivity contribution in [2.75, 3.05) is 27.2 Å². The Morgan fingerprint density at radius 2 is 1.56 bits per heavy atom. The summed E-state index contributed by atoms with van der Waals surface area (Å²) in [6.45, 7) is 0.349. The van der Waals surface area contributed by atoms with E-state index in [1.165, 1.54) is 0 Å². The topological polar surface area (TPSA) is 108 Å². The average Bonchev–Trinajstić information content (AvgIpc) is 3.57. The average molecular weight is 466 g/mol. The summed E-state index contributed by atoms with van der Waals surface area (Å²) in [4.78, 5) is 38.9. The first-order chi connectivity index (χ1) is 16.3. The van der Waals surface area contributed by atoms with Crippen LogP contribution in [0.2, 0.25) is 0 Å². The van der Waals surface area contributed by atoms with E-state index in [0.717, 1.165) is 35.1 Å². The summed E-state index contributed by atoms with van der Waals surface area (Å²) in [6.07, 6.45) is 1.66. The highest BCUT2D eigenvalue weighted by atomic mass is 16.5. The lowest BCUT2D eigenvalue weighted by atomic mass is 9.98. The van der Waals surface area contributed by atoms with Crippen molar-refractivity contribution in [1.82, 2.24) is 15.5 Å². The Labute approximate surface area is 199 Å². The van der Waals surface area contributed by atoms with E-state index in [-0.39, 0.29) is 19.1 Å². The van der Waals surface area contributed by atoms with Crippen LogP contribution in [-0.4, -0.2) is 67.3 Å². The summed E-state index contributed by atoms with van der Waals surface area (Å²) in [5.41, 5.74) is 4.46. The van der Waals surface area contributed by atoms with Crippen LogP contribution in [-0.2, 0) is 14.3 Å². The summed E-state index contributed by atoms with van der Waals surface area (Å²) in [6, 6.07) is 14.2. The number of likely N-dealkylation sites (N-methyl/N-ethyl adjacent to an activating group) is 1. The van der Waals surface area contributed by atoms with Crippen molar-refractivity contribution < 1.29 is 24.2 Å². The van der Waals surface area contributed by atoms with Crippen LogP contribution in [0.4, 0.5) is 4.79 Å². The van der Waals surface area contributed by atoms with Gasteiger partial charge < -0.3 is 25.4 Å². The Morgan fingerprint density at radius 1 is 0.971 bits per heavy atom. The molecule has 0 radical (unpaired) electrons. The quantitative estimate of drug-likeness (QED) is 0.498. The van der Waals surface area contributed by atoms with Gasteiger partial charge >= 0.3 is 12.1 Å². The number of carboxylic acid groups (broad SMARTS) is 1. The first-order valence-electron chi connectivity index (χ1n) is 11.6. The zero-order valence-corrected chi connectivity index (χ0v) is 19.5. The Bertz CT molecular complexity index is 1020. The lowest BCUT2D eigenvalue weighted by molar-refractivity contribution is -0.142. The van der Waals surface area contributed by atoms with Gasteiger partial charge in [-0.05, 0) is 48.7 Å². The van der Waals surface area contributed by atoms with Crippen LogP contribution in [0, 0.1) is 5.92 Å². The van der Waals surface area contributed by atoms with Crippen molar-refractivity contribution >= 4 is 18.0 Å². The predicted octanol–water partition coefficient (Wildman–Crippen LogP) is 2.82. The monoisotopic (exact) mass is 465 g/mol. The van der Waals surface area contributed by atoms with E-state index in [2.05, 4.69) is 22.8 Å². The minimum atomic E-state index is -1.06. The van der Waals surface area contributed by atoms with E-state index >= 15 is 0 Å². The van der Waals surface area contributed by atoms with E-state index in [9.17, 15) is 19.5 Å². The largest absolute Gasteiger partial charge is 0.480 e. The minimum Gasteiger partial charge on any atom is -0.480 e. The van der Waals surface area contributed by atoms with Gasteiger partial charge in [0, 0.05) is 12.5 Å². The third-order valence-electron chi connectivity index (χ3n) is 6.38. The number of nitrogens with one attached hydrogen (secondary N) is 2. The molecule has 1 saturated carbocycles. The van der Waals surface area contributed by atoms with Crippen LogP contribution in [0.15, 0.2) is 48.5 Å². The first-order valence-corrected chi connectivity index (χ1v) is 11.6. The number of ether oxygens (including phenoxy) is 1. The molecule has 34 heavy (non-hydrogen) atoms. The molecule has 2 aromatic rings. The van der Waals surface area contributed by atoms with E-state index in [1.54, 1.807) is 19.0 Å². The van der Waals surface area contributed by atoms with Gasteiger partial charge in [-0.2, -0.15) is 0 Å². The van der Waals surface area contributed by atoms with Crippen molar-refractivity contribution in [2.45, 2.75) is 37.3 Å². The number of carbonyl (C=O) groups is 3. The van der Waals surface area contributed by atoms with Crippen LogP contribution in [0.3, 0.4) is 0 Å². The molecule has 2 aliphatic carbocycles. The molecule has 0 heterocycles. The molecule has 4 rings (SSSR count). The maximum atomic E-state index is 12.8. The minimum absolute atomic E-state index is 0.0887. The molecular formula is C26H31N3O5. The van der Waals surface area contributed by atoms with E-state index in [1.807, 2.05) is 36.4 Å². The number of nitrogens with zero attached hydrogens (tertiary/aromatic N) is 1. The van der Waals surface area contributed by atoms with Gasteiger partial charge in [0.2, 0.25) is 5.91 Å². The molecule has 2 aliphatic rings. The highest BCUT2D eigenvalue weighted by Gasteiger charge is 2.33. The number of benzene rings is 2. The van der Waals surface area contributed by atoms with E-state index < -0.39 is 30.1 Å². The van der Waals surface area contributed by atoms with Gasteiger partial charge in [-0.15, -0.1) is 0 Å². The lowest BCUT2D eigenvalue weighted by Crippen LogP contribution is -2.55. The Balaban J connectivity index is 1.39. The van der Waals surface area contributed by atoms with Gasteiger partial charge in [0.25, 0.3) is 0 Å². The molecule has 0 spiro atoms. The first kappa shape index (κ1) is 23.8. The van der Waals surface area contributed by atoms with E-state index in [0.29, 0.717) is 12.3 Å². The molecule has 180 valence electrons. The second-order valence-electron chi connectivity index (χ2n) is 9.36. The smallest absolute Gasteiger partial charge is 0.407 e. The van der Waals surface area contributed by atoms with Gasteiger partial charge in [-0.1, -0.05) is 61.4 Å². The number of rotatable bonds is 10. The van der Waals surface area contributed by atoms with Crippen molar-refractivity contribution in [1.29, 1.82) is 0 Å². The van der Waals surface area contributed by atoms with Crippen molar-refractivity contribution in [3.8, 4) is 11.1 Å². The number of carboxylic acids is 1. The van der Waals surface area contributed by atoms with Crippen LogP contribution in [0.5, 0.6) is 0 Å². The highest BCUT2D eigenvalue weighted by Crippen LogP contribution is 2.44. The second-order valence-corrected chi connectivity index (χ2v) is 9.36. The summed E-state index contributed by atoms with van der Waals surface area (Å²) >= 11 is 0. The molecule has 2 aromatic carbocycles. The fraction of sp³-hybridized carbons (Fsp3) is 0.423. The summed E-state index contributed by atoms with van der Waals surface area (Å²) in [5.74, 6) is -1.35. The van der Waals surface area contributed by atoms with Gasteiger partial charge in [-0.3, -0.25) is 4.79 Å². The number of hydrogen-bond donors (Lipinski definition) is 3. The lowest BCUT2D eigenvalue weighted by Gasteiger charge is -2.24. The van der Waals surface area contributed by atoms with Crippen LogP contribution < -0.4 is 10.6 Å². The van der Waals surface area contributed by atoms with Crippen LogP contribution in [0.25, 0.3) is 11.1 Å². The predicted molar refractivity (Wildman–Crippen MR) is 127 cm³/mol. The van der Waals surface area contributed by atoms with Gasteiger partial charge in [0.1, 0.15) is 18.7 Å². The summed E-state index contributed by atoms with van der Waals surface area (Å²) in [5, 5.41) is 14.7. The molecule has 8 nitrogen and oxygen atoms in total. The third-order valence-corrected chi connectivity index (χ3v) is 6.38. The number of carbonyl (C=O) groups excluding carboxylic acids is 2. The Kier molecular flexibility index (Phi) is 7.17. The highest BCUT2D eigenvalue weighted by molar-refractivity contribution is 5.89. The number of aliphatic carboxylic acids is 1. The zero-order chi connectivity index (χ0) is 24.2.